The summed E-state index contributed by atoms with van der Waals surface area (Å²) in [6.45, 7) is 12.0. The van der Waals surface area contributed by atoms with Crippen molar-refractivity contribution in [3.63, 3.8) is 0 Å². The van der Waals surface area contributed by atoms with Crippen LogP contribution in [0.3, 0.4) is 0 Å². The molecule has 2 saturated heterocycles. The summed E-state index contributed by atoms with van der Waals surface area (Å²) in [7, 11) is 1.51. The molecule has 2 fully saturated rings. The van der Waals surface area contributed by atoms with Crippen LogP contribution in [0, 0.1) is 6.92 Å². The van der Waals surface area contributed by atoms with Crippen LogP contribution in [0.5, 0.6) is 23.0 Å². The zero-order chi connectivity index (χ0) is 48.3. The van der Waals surface area contributed by atoms with Gasteiger partial charge >= 0.3 is 11.9 Å². The third kappa shape index (κ3) is 12.7. The number of carbonyl (C=O) groups is 5. The minimum atomic E-state index is -1.23. The second-order valence-corrected chi connectivity index (χ2v) is 16.8. The van der Waals surface area contributed by atoms with Crippen LogP contribution in [-0.4, -0.2) is 147 Å². The zero-order valence-corrected chi connectivity index (χ0v) is 38.0. The number of carbonyl (C=O) groups excluding carboxylic acids is 3. The number of carboxylic acids is 2. The molecule has 19 nitrogen and oxygen atoms in total. The van der Waals surface area contributed by atoms with Gasteiger partial charge in [0.25, 0.3) is 11.8 Å². The third-order valence-corrected chi connectivity index (χ3v) is 11.4. The number of carboxylic acid groups (broad SMARTS) is 2. The molecule has 68 heavy (non-hydrogen) atoms. The monoisotopic (exact) mass is 937 g/mol. The first-order chi connectivity index (χ1) is 32.7. The molecule has 0 bridgehead atoms. The Balaban J connectivity index is 0.951. The Morgan fingerprint density at radius 3 is 1.76 bits per heavy atom. The Morgan fingerprint density at radius 2 is 1.21 bits per heavy atom. The third-order valence-electron chi connectivity index (χ3n) is 11.4. The van der Waals surface area contributed by atoms with Gasteiger partial charge in [-0.1, -0.05) is 24.3 Å². The van der Waals surface area contributed by atoms with Crippen molar-refractivity contribution in [2.75, 3.05) is 66.4 Å². The van der Waals surface area contributed by atoms with Crippen LogP contribution in [0.2, 0.25) is 0 Å². The van der Waals surface area contributed by atoms with Gasteiger partial charge in [0, 0.05) is 43.7 Å². The van der Waals surface area contributed by atoms with E-state index in [2.05, 4.69) is 28.5 Å². The van der Waals surface area contributed by atoms with Crippen LogP contribution in [0.1, 0.15) is 63.1 Å². The van der Waals surface area contributed by atoms with E-state index in [4.69, 9.17) is 43.4 Å². The van der Waals surface area contributed by atoms with Gasteiger partial charge in [-0.2, -0.15) is 0 Å². The summed E-state index contributed by atoms with van der Waals surface area (Å²) in [5.74, 6) is -1.44. The molecule has 3 aromatic carbocycles. The molecule has 4 aliphatic heterocycles. The smallest absolute Gasteiger partial charge is 0.305 e. The van der Waals surface area contributed by atoms with E-state index >= 15 is 0 Å². The number of ether oxygens (including phenoxy) is 7. The van der Waals surface area contributed by atoms with Gasteiger partial charge < -0.3 is 58.5 Å². The second-order valence-electron chi connectivity index (χ2n) is 16.8. The number of methoxy groups -OCH3 is 1. The lowest BCUT2D eigenvalue weighted by atomic mass is 10.1. The summed E-state index contributed by atoms with van der Waals surface area (Å²) in [6, 6.07) is 11.3. The summed E-state index contributed by atoms with van der Waals surface area (Å²) in [5.41, 5.74) is 6.22. The summed E-state index contributed by atoms with van der Waals surface area (Å²) < 4.78 is 41.0. The Labute approximate surface area is 393 Å². The molecule has 0 radical (unpaired) electrons. The Hall–Kier alpha value is -7.09. The second kappa shape index (κ2) is 22.6. The average Bonchev–Trinajstić information content (AvgIpc) is 3.81. The Kier molecular flexibility index (Phi) is 16.2. The Bertz CT molecular complexity index is 2490. The van der Waals surface area contributed by atoms with Crippen molar-refractivity contribution in [2.24, 2.45) is 9.98 Å². The molecule has 7 rings (SSSR count). The quantitative estimate of drug-likeness (QED) is 0.0793. The topological polar surface area (TPSA) is 234 Å². The van der Waals surface area contributed by atoms with Crippen molar-refractivity contribution < 1.29 is 67.3 Å². The summed E-state index contributed by atoms with van der Waals surface area (Å²) >= 11 is 0. The maximum Gasteiger partial charge on any atom is 0.305 e. The van der Waals surface area contributed by atoms with Crippen molar-refractivity contribution >= 4 is 53.5 Å². The number of nitrogens with zero attached hydrogens (tertiary/aromatic N) is 4. The van der Waals surface area contributed by atoms with Gasteiger partial charge in [-0.3, -0.25) is 34.0 Å². The van der Waals surface area contributed by atoms with Crippen molar-refractivity contribution in [1.29, 1.82) is 0 Å². The van der Waals surface area contributed by atoms with E-state index in [1.54, 1.807) is 40.4 Å². The zero-order valence-electron chi connectivity index (χ0n) is 38.0. The molecule has 4 aliphatic rings. The Morgan fingerprint density at radius 1 is 0.691 bits per heavy atom. The fraction of sp³-hybridized carbons (Fsp3) is 0.408. The first-order valence-electron chi connectivity index (χ1n) is 22.1. The minimum absolute atomic E-state index is 0.0730. The van der Waals surface area contributed by atoms with Gasteiger partial charge in [0.1, 0.15) is 37.9 Å². The van der Waals surface area contributed by atoms with Crippen LogP contribution in [0.4, 0.5) is 11.4 Å². The van der Waals surface area contributed by atoms with E-state index < -0.39 is 36.7 Å². The average molecular weight is 938 g/mol. The molecule has 4 heterocycles. The molecule has 0 aliphatic carbocycles. The highest BCUT2D eigenvalue weighted by Gasteiger charge is 2.35. The van der Waals surface area contributed by atoms with Crippen LogP contribution < -0.4 is 24.3 Å². The number of aliphatic imine (C=N–C) groups is 2. The van der Waals surface area contributed by atoms with E-state index in [0.717, 1.165) is 27.8 Å². The molecule has 360 valence electrons. The number of amides is 3. The van der Waals surface area contributed by atoms with Gasteiger partial charge in [-0.25, -0.2) is 0 Å². The molecule has 19 heteroatoms. The standard InChI is InChI=1S/C49H55N5O14/c1-29-11-35-22-50-40-20-42(31(3)13-38(40)48(60)53(35)24-29)67-26-32-14-33(27-68-44-21-41-39(19-43(44)62-4)49(61)54-25-30(2)12-36(54)23-51-41)16-37(15-32)66-10-9-64-6-5-63-7-8-65-28-45(55)52-34(17-46(56)57)18-47(58)59/h13-16,19-23,34-36H,1-2,5-12,17-18,24-28H2,3-4H3,(H,52,55)(H,56,57)(H,58,59)/t35-,36-/m0/s1. The molecular formula is C49H55N5O14. The van der Waals surface area contributed by atoms with Gasteiger partial charge in [0.2, 0.25) is 5.91 Å². The molecule has 2 atom stereocenters. The molecule has 0 spiro atoms. The van der Waals surface area contributed by atoms with Gasteiger partial charge in [0.15, 0.2) is 11.5 Å². The molecule has 0 aromatic heterocycles. The summed E-state index contributed by atoms with van der Waals surface area (Å²) in [4.78, 5) is 73.8. The number of fused-ring (bicyclic) bond motifs is 4. The van der Waals surface area contributed by atoms with Crippen LogP contribution in [-0.2, 0) is 41.8 Å². The maximum atomic E-state index is 13.5. The van der Waals surface area contributed by atoms with Crippen molar-refractivity contribution in [1.82, 2.24) is 15.1 Å². The van der Waals surface area contributed by atoms with Crippen molar-refractivity contribution in [3.05, 3.63) is 94.6 Å². The summed E-state index contributed by atoms with van der Waals surface area (Å²) in [5, 5.41) is 20.2. The fourth-order valence-corrected chi connectivity index (χ4v) is 8.21. The molecule has 0 unspecified atom stereocenters. The number of nitrogens with one attached hydrogen (secondary N) is 1. The number of benzene rings is 3. The number of hydrogen-bond acceptors (Lipinski definition) is 14. The first-order valence-corrected chi connectivity index (χ1v) is 22.1. The van der Waals surface area contributed by atoms with Crippen LogP contribution in [0.25, 0.3) is 0 Å². The van der Waals surface area contributed by atoms with E-state index in [0.29, 0.717) is 71.4 Å². The minimum Gasteiger partial charge on any atom is -0.493 e. The first kappa shape index (κ1) is 48.8. The lowest BCUT2D eigenvalue weighted by Crippen LogP contribution is -2.40. The van der Waals surface area contributed by atoms with Gasteiger partial charge in [0.05, 0.1) is 87.6 Å². The van der Waals surface area contributed by atoms with Gasteiger partial charge in [-0.05, 0) is 66.8 Å². The van der Waals surface area contributed by atoms with E-state index in [1.807, 2.05) is 31.2 Å². The lowest BCUT2D eigenvalue weighted by Gasteiger charge is -2.20. The predicted molar refractivity (Wildman–Crippen MR) is 247 cm³/mol. The number of rotatable bonds is 24. The van der Waals surface area contributed by atoms with Crippen molar-refractivity contribution in [2.45, 2.75) is 63.9 Å². The highest BCUT2D eigenvalue weighted by Crippen LogP contribution is 2.39. The normalized spacial score (nSPS) is 17.0. The molecular weight excluding hydrogens is 883 g/mol. The lowest BCUT2D eigenvalue weighted by molar-refractivity contribution is -0.140. The predicted octanol–water partition coefficient (Wildman–Crippen LogP) is 5.00. The molecule has 3 amide bonds. The number of aliphatic carboxylic acids is 2. The number of hydrogen-bond donors (Lipinski definition) is 3. The van der Waals surface area contributed by atoms with E-state index in [-0.39, 0.29) is 83.4 Å². The maximum absolute atomic E-state index is 13.5. The van der Waals surface area contributed by atoms with Crippen molar-refractivity contribution in [3.8, 4) is 23.0 Å². The SMILES string of the molecule is C=C1C[C@H]2C=Nc3cc(OCc4cc(COc5cc6c(cc5OC)C(=O)N5CC(=C)C[C@H]5C=N6)cc(OCCOCCOCCOCC(=O)NC(CC(=O)O)CC(=O)O)c4)c(C)cc3C(=O)N2C1. The highest BCUT2D eigenvalue weighted by molar-refractivity contribution is 6.04. The summed E-state index contributed by atoms with van der Waals surface area (Å²) in [6.07, 6.45) is 3.87. The molecule has 3 N–H and O–H groups in total. The highest BCUT2D eigenvalue weighted by atomic mass is 16.6. The molecule has 3 aromatic rings. The van der Waals surface area contributed by atoms with Gasteiger partial charge in [-0.15, -0.1) is 0 Å². The number of aryl methyl sites for hydroxylation is 1. The van der Waals surface area contributed by atoms with Crippen LogP contribution in [0.15, 0.2) is 76.8 Å². The van der Waals surface area contributed by atoms with E-state index in [9.17, 15) is 24.0 Å². The van der Waals surface area contributed by atoms with E-state index in [1.165, 1.54) is 7.11 Å². The molecule has 0 saturated carbocycles. The fourth-order valence-electron chi connectivity index (χ4n) is 8.21. The largest absolute Gasteiger partial charge is 0.493 e. The van der Waals surface area contributed by atoms with Crippen LogP contribution >= 0.6 is 0 Å².